The average molecular weight is 317 g/mol. The topological polar surface area (TPSA) is 23.8 Å². The van der Waals surface area contributed by atoms with Gasteiger partial charge in [-0.3, -0.25) is 0 Å². The van der Waals surface area contributed by atoms with Crippen LogP contribution >= 0.6 is 0 Å². The summed E-state index contributed by atoms with van der Waals surface area (Å²) in [6, 6.07) is 1.51. The molecule has 2 aliphatic rings. The van der Waals surface area contributed by atoms with E-state index in [-0.39, 0.29) is 0 Å². The SMILES string of the molecule is CC[C@H]1CC[C@H](CCC2CCC(C=CC=C(F)C#N)CC2)CC1. The maximum atomic E-state index is 12.7. The second kappa shape index (κ2) is 9.91. The molecule has 0 saturated heterocycles. The fourth-order valence-corrected chi connectivity index (χ4v) is 4.40. The summed E-state index contributed by atoms with van der Waals surface area (Å²) in [6.07, 6.45) is 20.3. The third-order valence-corrected chi connectivity index (χ3v) is 6.15. The Labute approximate surface area is 141 Å². The minimum Gasteiger partial charge on any atom is -0.195 e. The van der Waals surface area contributed by atoms with E-state index in [0.717, 1.165) is 17.8 Å². The fourth-order valence-electron chi connectivity index (χ4n) is 4.40. The number of nitrogens with zero attached hydrogens (tertiary/aromatic N) is 1. The Balaban J connectivity index is 1.61. The van der Waals surface area contributed by atoms with Crippen LogP contribution in [-0.4, -0.2) is 0 Å². The van der Waals surface area contributed by atoms with Crippen molar-refractivity contribution in [2.75, 3.05) is 0 Å². The Morgan fingerprint density at radius 3 is 2.00 bits per heavy atom. The Morgan fingerprint density at radius 2 is 1.48 bits per heavy atom. The molecule has 23 heavy (non-hydrogen) atoms. The summed E-state index contributed by atoms with van der Waals surface area (Å²) in [5, 5.41) is 8.37. The van der Waals surface area contributed by atoms with E-state index in [0.29, 0.717) is 5.92 Å². The van der Waals surface area contributed by atoms with Crippen LogP contribution in [0.25, 0.3) is 0 Å². The van der Waals surface area contributed by atoms with Crippen LogP contribution in [0.4, 0.5) is 4.39 Å². The van der Waals surface area contributed by atoms with Gasteiger partial charge < -0.3 is 0 Å². The van der Waals surface area contributed by atoms with Crippen molar-refractivity contribution in [1.29, 1.82) is 5.26 Å². The lowest BCUT2D eigenvalue weighted by molar-refractivity contribution is 0.224. The molecular weight excluding hydrogens is 285 g/mol. The van der Waals surface area contributed by atoms with E-state index >= 15 is 0 Å². The van der Waals surface area contributed by atoms with Gasteiger partial charge in [-0.2, -0.15) is 9.65 Å². The number of allylic oxidation sites excluding steroid dienone is 4. The molecule has 0 spiro atoms. The third-order valence-electron chi connectivity index (χ3n) is 6.15. The molecule has 2 fully saturated rings. The van der Waals surface area contributed by atoms with Crippen molar-refractivity contribution in [1.82, 2.24) is 0 Å². The first-order chi connectivity index (χ1) is 11.2. The lowest BCUT2D eigenvalue weighted by Gasteiger charge is -2.31. The summed E-state index contributed by atoms with van der Waals surface area (Å²) >= 11 is 0. The number of nitriles is 1. The molecular formula is C21H32FN. The van der Waals surface area contributed by atoms with Gasteiger partial charge >= 0.3 is 0 Å². The van der Waals surface area contributed by atoms with Crippen molar-refractivity contribution in [3.8, 4) is 6.07 Å². The summed E-state index contributed by atoms with van der Waals surface area (Å²) in [6.45, 7) is 2.34. The van der Waals surface area contributed by atoms with Gasteiger partial charge in [0.1, 0.15) is 6.07 Å². The Kier molecular flexibility index (Phi) is 7.86. The first-order valence-corrected chi connectivity index (χ1v) is 9.65. The van der Waals surface area contributed by atoms with Crippen LogP contribution in [0.15, 0.2) is 24.1 Å². The van der Waals surface area contributed by atoms with E-state index in [1.54, 1.807) is 6.08 Å². The van der Waals surface area contributed by atoms with Crippen molar-refractivity contribution in [2.45, 2.75) is 77.6 Å². The minimum atomic E-state index is -0.701. The molecule has 2 saturated carbocycles. The third kappa shape index (κ3) is 6.50. The van der Waals surface area contributed by atoms with Crippen LogP contribution in [0.2, 0.25) is 0 Å². The van der Waals surface area contributed by atoms with E-state index in [2.05, 4.69) is 13.0 Å². The van der Waals surface area contributed by atoms with Gasteiger partial charge in [0.05, 0.1) is 0 Å². The standard InChI is InChI=1S/C21H32FN/c1-2-17-6-8-19(9-7-17)14-15-20-12-10-18(11-13-20)4-3-5-21(22)16-23/h3-5,17-20H,2,6-15H2,1H3/t17-,18?,19-,20?. The molecule has 0 heterocycles. The zero-order valence-corrected chi connectivity index (χ0v) is 14.6. The van der Waals surface area contributed by atoms with Gasteiger partial charge in [-0.05, 0) is 55.4 Å². The smallest absolute Gasteiger partial charge is 0.195 e. The number of halogens is 1. The molecule has 2 heteroatoms. The first kappa shape index (κ1) is 18.2. The van der Waals surface area contributed by atoms with E-state index in [9.17, 15) is 4.39 Å². The van der Waals surface area contributed by atoms with Gasteiger partial charge in [0.25, 0.3) is 0 Å². The van der Waals surface area contributed by atoms with Crippen LogP contribution < -0.4 is 0 Å². The second-order valence-corrected chi connectivity index (χ2v) is 7.66. The predicted octanol–water partition coefficient (Wildman–Crippen LogP) is 6.72. The Bertz CT molecular complexity index is 429. The molecule has 0 atom stereocenters. The van der Waals surface area contributed by atoms with Gasteiger partial charge in [0.15, 0.2) is 5.83 Å². The van der Waals surface area contributed by atoms with E-state index < -0.39 is 5.83 Å². The molecule has 0 unspecified atom stereocenters. The molecule has 0 aromatic carbocycles. The highest BCUT2D eigenvalue weighted by atomic mass is 19.1. The van der Waals surface area contributed by atoms with E-state index in [1.807, 2.05) is 0 Å². The Hall–Kier alpha value is -1.10. The van der Waals surface area contributed by atoms with Crippen LogP contribution in [-0.2, 0) is 0 Å². The maximum Gasteiger partial charge on any atom is 0.199 e. The predicted molar refractivity (Wildman–Crippen MR) is 94.4 cm³/mol. The summed E-state index contributed by atoms with van der Waals surface area (Å²) in [4.78, 5) is 0. The maximum absolute atomic E-state index is 12.7. The molecule has 0 aromatic heterocycles. The van der Waals surface area contributed by atoms with Gasteiger partial charge in [-0.15, -0.1) is 0 Å². The normalized spacial score (nSPS) is 32.8. The van der Waals surface area contributed by atoms with Crippen molar-refractivity contribution in [3.63, 3.8) is 0 Å². The van der Waals surface area contributed by atoms with Crippen molar-refractivity contribution < 1.29 is 4.39 Å². The first-order valence-electron chi connectivity index (χ1n) is 9.65. The second-order valence-electron chi connectivity index (χ2n) is 7.66. The van der Waals surface area contributed by atoms with Gasteiger partial charge in [0.2, 0.25) is 0 Å². The van der Waals surface area contributed by atoms with Gasteiger partial charge in [0, 0.05) is 0 Å². The van der Waals surface area contributed by atoms with Crippen LogP contribution in [0, 0.1) is 35.0 Å². The molecule has 1 nitrogen and oxygen atoms in total. The van der Waals surface area contributed by atoms with Gasteiger partial charge in [-0.25, -0.2) is 0 Å². The monoisotopic (exact) mass is 317 g/mol. The number of hydrogen-bond acceptors (Lipinski definition) is 1. The molecule has 0 aliphatic heterocycles. The van der Waals surface area contributed by atoms with Gasteiger partial charge in [-0.1, -0.05) is 64.0 Å². The number of rotatable bonds is 6. The molecule has 0 radical (unpaired) electrons. The summed E-state index contributed by atoms with van der Waals surface area (Å²) in [7, 11) is 0. The largest absolute Gasteiger partial charge is 0.199 e. The van der Waals surface area contributed by atoms with Crippen molar-refractivity contribution in [3.05, 3.63) is 24.1 Å². The molecule has 128 valence electrons. The zero-order chi connectivity index (χ0) is 16.5. The molecule has 0 N–H and O–H groups in total. The summed E-state index contributed by atoms with van der Waals surface area (Å²) in [5.41, 5.74) is 0. The molecule has 0 aromatic rings. The van der Waals surface area contributed by atoms with E-state index in [1.165, 1.54) is 82.8 Å². The lowest BCUT2D eigenvalue weighted by atomic mass is 9.75. The Morgan fingerprint density at radius 1 is 0.957 bits per heavy atom. The molecule has 2 rings (SSSR count). The van der Waals surface area contributed by atoms with E-state index in [4.69, 9.17) is 5.26 Å². The molecule has 2 aliphatic carbocycles. The fraction of sp³-hybridized carbons (Fsp3) is 0.762. The number of hydrogen-bond donors (Lipinski definition) is 0. The van der Waals surface area contributed by atoms with Crippen molar-refractivity contribution in [2.24, 2.45) is 23.7 Å². The molecule has 0 amide bonds. The quantitative estimate of drug-likeness (QED) is 0.394. The van der Waals surface area contributed by atoms with Crippen LogP contribution in [0.3, 0.4) is 0 Å². The minimum absolute atomic E-state index is 0.578. The molecule has 0 bridgehead atoms. The lowest BCUT2D eigenvalue weighted by Crippen LogP contribution is -2.17. The highest BCUT2D eigenvalue weighted by Crippen LogP contribution is 2.37. The summed E-state index contributed by atoms with van der Waals surface area (Å²) in [5.74, 6) is 2.79. The summed E-state index contributed by atoms with van der Waals surface area (Å²) < 4.78 is 12.7. The highest BCUT2D eigenvalue weighted by Gasteiger charge is 2.23. The van der Waals surface area contributed by atoms with Crippen molar-refractivity contribution >= 4 is 0 Å². The van der Waals surface area contributed by atoms with Crippen LogP contribution in [0.5, 0.6) is 0 Å². The average Bonchev–Trinajstić information content (AvgIpc) is 2.61. The zero-order valence-electron chi connectivity index (χ0n) is 14.6. The highest BCUT2D eigenvalue weighted by molar-refractivity contribution is 5.19. The van der Waals surface area contributed by atoms with Crippen LogP contribution in [0.1, 0.15) is 77.6 Å².